The summed E-state index contributed by atoms with van der Waals surface area (Å²) in [7, 11) is 0. The molecule has 1 heterocycles. The van der Waals surface area contributed by atoms with Crippen molar-refractivity contribution in [2.24, 2.45) is 0 Å². The van der Waals surface area contributed by atoms with Gasteiger partial charge in [-0.2, -0.15) is 0 Å². The highest BCUT2D eigenvalue weighted by atomic mass is 35.5. The van der Waals surface area contributed by atoms with E-state index in [1.165, 1.54) is 12.1 Å². The van der Waals surface area contributed by atoms with Crippen LogP contribution in [-0.4, -0.2) is 16.8 Å². The molecule has 0 aliphatic rings. The van der Waals surface area contributed by atoms with Crippen LogP contribution in [0.4, 0.5) is 4.39 Å². The molecule has 2 aromatic carbocycles. The first-order chi connectivity index (χ1) is 11.9. The number of rotatable bonds is 3. The first-order valence-corrected chi connectivity index (χ1v) is 7.93. The van der Waals surface area contributed by atoms with E-state index in [9.17, 15) is 14.0 Å². The molecule has 0 bridgehead atoms. The smallest absolute Gasteiger partial charge is 0.269 e. The van der Waals surface area contributed by atoms with Gasteiger partial charge in [0, 0.05) is 27.2 Å². The highest BCUT2D eigenvalue weighted by Crippen LogP contribution is 2.23. The van der Waals surface area contributed by atoms with Crippen molar-refractivity contribution in [3.63, 3.8) is 0 Å². The van der Waals surface area contributed by atoms with Crippen LogP contribution in [-0.2, 0) is 11.2 Å². The first kappa shape index (κ1) is 17.0. The van der Waals surface area contributed by atoms with Gasteiger partial charge in [-0.3, -0.25) is 20.4 Å². The van der Waals surface area contributed by atoms with Crippen molar-refractivity contribution in [2.45, 2.75) is 13.3 Å². The highest BCUT2D eigenvalue weighted by molar-refractivity contribution is 6.30. The molecule has 5 nitrogen and oxygen atoms in total. The Morgan fingerprint density at radius 2 is 1.84 bits per heavy atom. The lowest BCUT2D eigenvalue weighted by Gasteiger charge is -2.08. The van der Waals surface area contributed by atoms with E-state index in [-0.39, 0.29) is 12.2 Å². The number of halogens is 2. The van der Waals surface area contributed by atoms with Gasteiger partial charge in [0.1, 0.15) is 5.82 Å². The largest absolute Gasteiger partial charge is 0.358 e. The zero-order valence-corrected chi connectivity index (χ0v) is 14.1. The van der Waals surface area contributed by atoms with E-state index in [1.807, 2.05) is 6.92 Å². The molecule has 25 heavy (non-hydrogen) atoms. The third-order valence-electron chi connectivity index (χ3n) is 3.84. The van der Waals surface area contributed by atoms with E-state index in [2.05, 4.69) is 15.8 Å². The monoisotopic (exact) mass is 359 g/mol. The van der Waals surface area contributed by atoms with E-state index >= 15 is 0 Å². The molecule has 0 aliphatic heterocycles. The number of H-pyrrole nitrogens is 1. The van der Waals surface area contributed by atoms with Crippen LogP contribution in [0, 0.1) is 12.7 Å². The molecule has 0 saturated heterocycles. The molecule has 0 atom stereocenters. The Morgan fingerprint density at radius 1 is 1.12 bits per heavy atom. The number of aromatic amines is 1. The molecular weight excluding hydrogens is 345 g/mol. The molecule has 0 aliphatic carbocycles. The maximum absolute atomic E-state index is 13.5. The molecule has 3 aromatic rings. The summed E-state index contributed by atoms with van der Waals surface area (Å²) in [6.45, 7) is 1.81. The van der Waals surface area contributed by atoms with Crippen molar-refractivity contribution in [3.8, 4) is 0 Å². The van der Waals surface area contributed by atoms with Crippen LogP contribution in [0.1, 0.15) is 21.6 Å². The number of aryl methyl sites for hydroxylation is 1. The number of carbonyl (C=O) groups excluding carboxylic acids is 2. The van der Waals surface area contributed by atoms with Crippen LogP contribution < -0.4 is 10.9 Å². The van der Waals surface area contributed by atoms with Crippen LogP contribution in [0.25, 0.3) is 10.9 Å². The highest BCUT2D eigenvalue weighted by Gasteiger charge is 2.14. The van der Waals surface area contributed by atoms with E-state index in [1.54, 1.807) is 30.3 Å². The van der Waals surface area contributed by atoms with Gasteiger partial charge in [0.2, 0.25) is 5.91 Å². The van der Waals surface area contributed by atoms with Crippen LogP contribution >= 0.6 is 11.6 Å². The minimum atomic E-state index is -0.452. The number of hydrogen-bond acceptors (Lipinski definition) is 2. The van der Waals surface area contributed by atoms with Crippen molar-refractivity contribution in [1.82, 2.24) is 15.8 Å². The fraction of sp³-hybridized carbons (Fsp3) is 0.111. The quantitative estimate of drug-likeness (QED) is 0.628. The Balaban J connectivity index is 1.67. The van der Waals surface area contributed by atoms with E-state index < -0.39 is 11.8 Å². The van der Waals surface area contributed by atoms with Gasteiger partial charge in [0.25, 0.3) is 5.91 Å². The number of hydrazine groups is 1. The second-order valence-electron chi connectivity index (χ2n) is 5.60. The summed E-state index contributed by atoms with van der Waals surface area (Å²) in [6, 6.07) is 10.6. The number of fused-ring (bicyclic) bond motifs is 1. The van der Waals surface area contributed by atoms with E-state index in [0.717, 1.165) is 11.2 Å². The maximum Gasteiger partial charge on any atom is 0.269 e. The maximum atomic E-state index is 13.5. The van der Waals surface area contributed by atoms with Crippen LogP contribution in [0.5, 0.6) is 0 Å². The molecule has 0 unspecified atom stereocenters. The molecule has 0 radical (unpaired) electrons. The normalized spacial score (nSPS) is 10.7. The summed E-state index contributed by atoms with van der Waals surface area (Å²) in [5.74, 6) is -1.23. The van der Waals surface area contributed by atoms with Gasteiger partial charge in [0.15, 0.2) is 0 Å². The first-order valence-electron chi connectivity index (χ1n) is 7.55. The summed E-state index contributed by atoms with van der Waals surface area (Å²) in [5.41, 5.74) is 7.30. The number of amides is 2. The zero-order chi connectivity index (χ0) is 18.0. The van der Waals surface area contributed by atoms with Crippen molar-refractivity contribution in [3.05, 3.63) is 70.1 Å². The Labute approximate surface area is 148 Å². The third-order valence-corrected chi connectivity index (χ3v) is 4.09. The number of hydrogen-bond donors (Lipinski definition) is 3. The lowest BCUT2D eigenvalue weighted by atomic mass is 10.1. The molecule has 3 rings (SSSR count). The number of benzene rings is 2. The average Bonchev–Trinajstić information content (AvgIpc) is 2.88. The predicted octanol–water partition coefficient (Wildman–Crippen LogP) is 3.27. The second kappa shape index (κ2) is 6.94. The van der Waals surface area contributed by atoms with Crippen LogP contribution in [0.15, 0.2) is 42.5 Å². The topological polar surface area (TPSA) is 74.0 Å². The SMILES string of the molecule is Cc1[nH]c2ccc(F)cc2c1CC(=O)NNC(=O)c1ccc(Cl)cc1. The van der Waals surface area contributed by atoms with Crippen LogP contribution in [0.2, 0.25) is 5.02 Å². The van der Waals surface area contributed by atoms with E-state index in [4.69, 9.17) is 11.6 Å². The summed E-state index contributed by atoms with van der Waals surface area (Å²) in [6.07, 6.45) is 0.0101. The lowest BCUT2D eigenvalue weighted by molar-refractivity contribution is -0.121. The van der Waals surface area contributed by atoms with Gasteiger partial charge in [-0.15, -0.1) is 0 Å². The molecule has 2 amide bonds. The van der Waals surface area contributed by atoms with Gasteiger partial charge in [-0.05, 0) is 55.0 Å². The molecule has 7 heteroatoms. The molecule has 3 N–H and O–H groups in total. The summed E-state index contributed by atoms with van der Waals surface area (Å²) in [5, 5.41) is 1.17. The number of aromatic nitrogens is 1. The Morgan fingerprint density at radius 3 is 2.56 bits per heavy atom. The van der Waals surface area contributed by atoms with Crippen molar-refractivity contribution < 1.29 is 14.0 Å². The Bertz CT molecular complexity index is 951. The standard InChI is InChI=1S/C18H15ClFN3O2/c1-10-14(15-8-13(20)6-7-16(15)21-10)9-17(24)22-23-18(25)11-2-4-12(19)5-3-11/h2-8,21H,9H2,1H3,(H,22,24)(H,23,25). The van der Waals surface area contributed by atoms with Gasteiger partial charge in [-0.25, -0.2) is 4.39 Å². The molecular formula is C18H15ClFN3O2. The minimum Gasteiger partial charge on any atom is -0.358 e. The van der Waals surface area contributed by atoms with Crippen LogP contribution in [0.3, 0.4) is 0 Å². The fourth-order valence-corrected chi connectivity index (χ4v) is 2.71. The fourth-order valence-electron chi connectivity index (χ4n) is 2.59. The van der Waals surface area contributed by atoms with Gasteiger partial charge < -0.3 is 4.98 Å². The second-order valence-corrected chi connectivity index (χ2v) is 6.04. The third kappa shape index (κ3) is 3.80. The van der Waals surface area contributed by atoms with Crippen molar-refractivity contribution in [2.75, 3.05) is 0 Å². The zero-order valence-electron chi connectivity index (χ0n) is 13.3. The van der Waals surface area contributed by atoms with Gasteiger partial charge in [0.05, 0.1) is 6.42 Å². The Kier molecular flexibility index (Phi) is 4.72. The Hall–Kier alpha value is -2.86. The van der Waals surface area contributed by atoms with Crippen molar-refractivity contribution >= 4 is 34.3 Å². The summed E-state index contributed by atoms with van der Waals surface area (Å²) >= 11 is 5.77. The van der Waals surface area contributed by atoms with Crippen molar-refractivity contribution in [1.29, 1.82) is 0 Å². The number of nitrogens with one attached hydrogen (secondary N) is 3. The van der Waals surface area contributed by atoms with Gasteiger partial charge in [-0.1, -0.05) is 11.6 Å². The lowest BCUT2D eigenvalue weighted by Crippen LogP contribution is -2.42. The molecule has 0 fully saturated rings. The summed E-state index contributed by atoms with van der Waals surface area (Å²) in [4.78, 5) is 27.2. The number of carbonyl (C=O) groups is 2. The summed E-state index contributed by atoms with van der Waals surface area (Å²) < 4.78 is 13.5. The van der Waals surface area contributed by atoms with Gasteiger partial charge >= 0.3 is 0 Å². The molecule has 1 aromatic heterocycles. The minimum absolute atomic E-state index is 0.0101. The molecule has 0 spiro atoms. The average molecular weight is 360 g/mol. The predicted molar refractivity (Wildman–Crippen MR) is 93.8 cm³/mol. The van der Waals surface area contributed by atoms with E-state index in [0.29, 0.717) is 21.5 Å². The molecule has 128 valence electrons. The molecule has 0 saturated carbocycles.